The highest BCUT2D eigenvalue weighted by molar-refractivity contribution is 8.00. The Labute approximate surface area is 167 Å². The summed E-state index contributed by atoms with van der Waals surface area (Å²) < 4.78 is 9.79. The van der Waals surface area contributed by atoms with Crippen LogP contribution >= 0.6 is 11.8 Å². The van der Waals surface area contributed by atoms with Gasteiger partial charge in [-0.15, -0.1) is 11.8 Å². The van der Waals surface area contributed by atoms with Crippen molar-refractivity contribution in [1.82, 2.24) is 10.2 Å². The third-order valence-corrected chi connectivity index (χ3v) is 5.42. The molecule has 0 unspecified atom stereocenters. The second-order valence-electron chi connectivity index (χ2n) is 5.83. The molecule has 2 aliphatic rings. The third kappa shape index (κ3) is 3.89. The number of primary amides is 1. The summed E-state index contributed by atoms with van der Waals surface area (Å²) in [6.07, 6.45) is 0.290. The Hall–Kier alpha value is -3.48. The Morgan fingerprint density at radius 2 is 2.24 bits per heavy atom. The average molecular weight is 424 g/mol. The van der Waals surface area contributed by atoms with Crippen LogP contribution in [0.15, 0.2) is 39.2 Å². The number of rotatable bonds is 7. The summed E-state index contributed by atoms with van der Waals surface area (Å²) in [5.74, 6) is -2.38. The number of carboxylic acid groups (broad SMARTS) is 1. The van der Waals surface area contributed by atoms with Gasteiger partial charge >= 0.3 is 12.1 Å². The van der Waals surface area contributed by atoms with Crippen molar-refractivity contribution in [3.63, 3.8) is 0 Å². The van der Waals surface area contributed by atoms with Crippen molar-refractivity contribution in [2.24, 2.45) is 10.9 Å². The molecule has 2 aliphatic heterocycles. The molecule has 0 bridgehead atoms. The number of ether oxygens (including phenoxy) is 1. The van der Waals surface area contributed by atoms with E-state index in [1.165, 1.54) is 31.2 Å². The summed E-state index contributed by atoms with van der Waals surface area (Å²) in [5, 5.41) is 15.0. The fourth-order valence-corrected chi connectivity index (χ4v) is 4.19. The summed E-state index contributed by atoms with van der Waals surface area (Å²) in [7, 11) is 1.25. The largest absolute Gasteiger partial charge is 0.477 e. The van der Waals surface area contributed by atoms with Crippen LogP contribution in [0, 0.1) is 0 Å². The number of hydrogen-bond donors (Lipinski definition) is 3. The van der Waals surface area contributed by atoms with Crippen LogP contribution in [0.25, 0.3) is 0 Å². The normalized spacial score (nSPS) is 21.2. The monoisotopic (exact) mass is 424 g/mol. The van der Waals surface area contributed by atoms with Crippen molar-refractivity contribution < 1.29 is 38.3 Å². The number of fused-ring (bicyclic) bond motifs is 1. The van der Waals surface area contributed by atoms with Gasteiger partial charge in [-0.2, -0.15) is 0 Å². The molecule has 154 valence electrons. The number of oxime groups is 1. The summed E-state index contributed by atoms with van der Waals surface area (Å²) in [6.45, 7) is -0.347. The second kappa shape index (κ2) is 8.26. The number of carbonyl (C=O) groups is 4. The van der Waals surface area contributed by atoms with Gasteiger partial charge in [0, 0.05) is 11.3 Å². The Bertz CT molecular complexity index is 910. The zero-order valence-electron chi connectivity index (χ0n) is 15.0. The van der Waals surface area contributed by atoms with Gasteiger partial charge in [0.2, 0.25) is 5.71 Å². The van der Waals surface area contributed by atoms with Crippen molar-refractivity contribution in [3.05, 3.63) is 35.4 Å². The minimum atomic E-state index is -1.35. The topological polar surface area (TPSA) is 174 Å². The molecule has 4 N–H and O–H groups in total. The maximum Gasteiger partial charge on any atom is 0.404 e. The Morgan fingerprint density at radius 1 is 1.48 bits per heavy atom. The Balaban J connectivity index is 1.77. The lowest BCUT2D eigenvalue weighted by atomic mass is 10.0. The van der Waals surface area contributed by atoms with E-state index in [0.29, 0.717) is 0 Å². The molecule has 1 saturated heterocycles. The summed E-state index contributed by atoms with van der Waals surface area (Å²) >= 11 is 1.21. The molecule has 1 aromatic rings. The van der Waals surface area contributed by atoms with Gasteiger partial charge in [0.1, 0.15) is 30.8 Å². The zero-order valence-corrected chi connectivity index (χ0v) is 15.8. The highest BCUT2D eigenvalue weighted by atomic mass is 32.2. The molecule has 29 heavy (non-hydrogen) atoms. The third-order valence-electron chi connectivity index (χ3n) is 4.08. The van der Waals surface area contributed by atoms with Crippen molar-refractivity contribution >= 4 is 41.4 Å². The molecule has 0 radical (unpaired) electrons. The summed E-state index contributed by atoms with van der Waals surface area (Å²) in [4.78, 5) is 53.3. The first-order valence-corrected chi connectivity index (χ1v) is 9.18. The van der Waals surface area contributed by atoms with E-state index in [0.717, 1.165) is 4.90 Å². The van der Waals surface area contributed by atoms with E-state index < -0.39 is 35.3 Å². The fraction of sp³-hybridized carbons (Fsp3) is 0.312. The standard InChI is InChI=1S/C16H16N4O8S/c1-26-19-9(8-3-2-4-27-8)12(21)18-10-13(22)20-11(15(23)24)7(5-28-16(17)25)6-29-14(10)20/h2-4,10,14H,5-6H2,1H3,(H2,17,25)(H,18,21)(H,23,24)/t10-,14-/m0/s1. The molecule has 12 nitrogen and oxygen atoms in total. The lowest BCUT2D eigenvalue weighted by Crippen LogP contribution is -2.71. The van der Waals surface area contributed by atoms with Crippen LogP contribution < -0.4 is 11.1 Å². The molecule has 3 heterocycles. The first-order valence-electron chi connectivity index (χ1n) is 8.13. The molecule has 0 aliphatic carbocycles. The molecule has 0 saturated carbocycles. The molecule has 13 heteroatoms. The van der Waals surface area contributed by atoms with Crippen LogP contribution in [-0.4, -0.2) is 70.5 Å². The number of aliphatic carboxylic acids is 1. The van der Waals surface area contributed by atoms with E-state index in [-0.39, 0.29) is 35.1 Å². The van der Waals surface area contributed by atoms with Crippen LogP contribution in [0.4, 0.5) is 4.79 Å². The SMILES string of the molecule is CON=C(C(=O)N[C@H]1C(=O)N2C(C(=O)O)=C(COC(N)=O)CS[C@@H]12)c1ccco1. The maximum absolute atomic E-state index is 12.6. The van der Waals surface area contributed by atoms with Crippen LogP contribution in [-0.2, 0) is 24.0 Å². The Morgan fingerprint density at radius 3 is 2.83 bits per heavy atom. The Kier molecular flexibility index (Phi) is 5.77. The predicted octanol–water partition coefficient (Wildman–Crippen LogP) is -0.536. The number of nitrogens with zero attached hydrogens (tertiary/aromatic N) is 2. The van der Waals surface area contributed by atoms with Crippen molar-refractivity contribution in [1.29, 1.82) is 0 Å². The lowest BCUT2D eigenvalue weighted by Gasteiger charge is -2.49. The number of nitrogens with two attached hydrogens (primary N) is 1. The van der Waals surface area contributed by atoms with Crippen molar-refractivity contribution in [2.45, 2.75) is 11.4 Å². The highest BCUT2D eigenvalue weighted by Gasteiger charge is 2.54. The number of β-lactam (4-membered cyclic amide) rings is 1. The number of furan rings is 1. The fourth-order valence-electron chi connectivity index (χ4n) is 2.87. The number of carboxylic acids is 1. The lowest BCUT2D eigenvalue weighted by molar-refractivity contribution is -0.150. The van der Waals surface area contributed by atoms with E-state index in [4.69, 9.17) is 10.2 Å². The maximum atomic E-state index is 12.6. The molecule has 1 aromatic heterocycles. The van der Waals surface area contributed by atoms with Crippen molar-refractivity contribution in [2.75, 3.05) is 19.5 Å². The van der Waals surface area contributed by atoms with Gasteiger partial charge in [-0.1, -0.05) is 5.16 Å². The minimum Gasteiger partial charge on any atom is -0.477 e. The van der Waals surface area contributed by atoms with Crippen LogP contribution in [0.2, 0.25) is 0 Å². The van der Waals surface area contributed by atoms with Crippen molar-refractivity contribution in [3.8, 4) is 0 Å². The molecule has 3 amide bonds. The molecular formula is C16H16N4O8S. The van der Waals surface area contributed by atoms with E-state index in [1.807, 2.05) is 0 Å². The first-order chi connectivity index (χ1) is 13.8. The van der Waals surface area contributed by atoms with Crippen LogP contribution in [0.3, 0.4) is 0 Å². The minimum absolute atomic E-state index is 0.140. The van der Waals surface area contributed by atoms with E-state index in [9.17, 15) is 24.3 Å². The smallest absolute Gasteiger partial charge is 0.404 e. The number of hydrogen-bond acceptors (Lipinski definition) is 9. The van der Waals surface area contributed by atoms with Gasteiger partial charge in [0.05, 0.1) is 6.26 Å². The average Bonchev–Trinajstić information content (AvgIpc) is 3.21. The molecule has 0 spiro atoms. The molecule has 2 atom stereocenters. The van der Waals surface area contributed by atoms with Gasteiger partial charge in [0.25, 0.3) is 11.8 Å². The molecule has 3 rings (SSSR count). The summed E-state index contributed by atoms with van der Waals surface area (Å²) in [5.41, 5.74) is 4.68. The summed E-state index contributed by atoms with van der Waals surface area (Å²) in [6, 6.07) is 2.08. The number of carbonyl (C=O) groups excluding carboxylic acids is 3. The zero-order chi connectivity index (χ0) is 21.1. The van der Waals surface area contributed by atoms with Gasteiger partial charge in [-0.25, -0.2) is 9.59 Å². The first kappa shape index (κ1) is 20.3. The van der Waals surface area contributed by atoms with Gasteiger partial charge in [0.15, 0.2) is 5.76 Å². The van der Waals surface area contributed by atoms with Gasteiger partial charge in [-0.05, 0) is 12.1 Å². The van der Waals surface area contributed by atoms with Crippen LogP contribution in [0.1, 0.15) is 5.76 Å². The van der Waals surface area contributed by atoms with Crippen LogP contribution in [0.5, 0.6) is 0 Å². The molecular weight excluding hydrogens is 408 g/mol. The number of amides is 3. The van der Waals surface area contributed by atoms with E-state index >= 15 is 0 Å². The number of nitrogens with one attached hydrogen (secondary N) is 1. The van der Waals surface area contributed by atoms with Gasteiger partial charge in [-0.3, -0.25) is 14.5 Å². The highest BCUT2D eigenvalue weighted by Crippen LogP contribution is 2.40. The van der Waals surface area contributed by atoms with E-state index in [1.54, 1.807) is 6.07 Å². The predicted molar refractivity (Wildman–Crippen MR) is 97.5 cm³/mol. The molecule has 1 fully saturated rings. The second-order valence-corrected chi connectivity index (χ2v) is 6.93. The number of thioether (sulfide) groups is 1. The quantitative estimate of drug-likeness (QED) is 0.295. The van der Waals surface area contributed by atoms with Gasteiger partial charge < -0.3 is 30.1 Å². The van der Waals surface area contributed by atoms with E-state index in [2.05, 4.69) is 20.0 Å². The molecule has 0 aromatic carbocycles.